The molecular weight excluding hydrogens is 636 g/mol. The second-order valence-electron chi connectivity index (χ2n) is 15.3. The Morgan fingerprint density at radius 1 is 1.02 bits per heavy atom. The summed E-state index contributed by atoms with van der Waals surface area (Å²) in [5.41, 5.74) is 0.497. The van der Waals surface area contributed by atoms with Crippen LogP contribution in [0.2, 0.25) is 0 Å². The van der Waals surface area contributed by atoms with E-state index in [1.165, 1.54) is 24.3 Å². The van der Waals surface area contributed by atoms with Gasteiger partial charge in [0.15, 0.2) is 5.82 Å². The summed E-state index contributed by atoms with van der Waals surface area (Å²) >= 11 is 0. The van der Waals surface area contributed by atoms with Crippen LogP contribution in [0.4, 0.5) is 14.6 Å². The summed E-state index contributed by atoms with van der Waals surface area (Å²) in [6.45, 7) is 2.72. The number of halogens is 2. The molecule has 258 valence electrons. The third-order valence-electron chi connectivity index (χ3n) is 12.3. The van der Waals surface area contributed by atoms with E-state index in [2.05, 4.69) is 27.7 Å². The molecule has 4 unspecified atom stereocenters. The third kappa shape index (κ3) is 4.99. The summed E-state index contributed by atoms with van der Waals surface area (Å²) < 4.78 is 38.6. The number of carbonyl (C=O) groups excluding carboxylic acids is 1. The Balaban J connectivity index is 1.16. The van der Waals surface area contributed by atoms with E-state index in [9.17, 15) is 14.3 Å². The highest BCUT2D eigenvalue weighted by Gasteiger charge is 2.49. The van der Waals surface area contributed by atoms with Gasteiger partial charge in [-0.05, 0) is 100 Å². The van der Waals surface area contributed by atoms with Crippen molar-refractivity contribution in [2.45, 2.75) is 75.9 Å². The number of aromatic hydroxyl groups is 1. The van der Waals surface area contributed by atoms with E-state index in [1.807, 2.05) is 0 Å². The van der Waals surface area contributed by atoms with Gasteiger partial charge in [0.1, 0.15) is 22.9 Å². The summed E-state index contributed by atoms with van der Waals surface area (Å²) in [6, 6.07) is 9.82. The molecule has 0 spiro atoms. The number of terminal acetylenes is 1. The number of carbonyl (C=O) groups is 1. The second kappa shape index (κ2) is 11.8. The number of nitrogens with zero attached hydrogens (tertiary/aromatic N) is 5. The van der Waals surface area contributed by atoms with Crippen LogP contribution in [0.1, 0.15) is 63.4 Å². The number of piperazine rings is 1. The molecule has 4 atom stereocenters. The average molecular weight is 678 g/mol. The molecule has 5 fully saturated rings. The Kier molecular flexibility index (Phi) is 7.43. The second-order valence-corrected chi connectivity index (χ2v) is 15.3. The predicted octanol–water partition coefficient (Wildman–Crippen LogP) is 6.65. The summed E-state index contributed by atoms with van der Waals surface area (Å²) in [6.07, 6.45) is 15.1. The topological polar surface area (TPSA) is 82.0 Å². The van der Waals surface area contributed by atoms with Gasteiger partial charge >= 0.3 is 6.01 Å². The molecule has 2 aliphatic carbocycles. The molecule has 0 radical (unpaired) electrons. The van der Waals surface area contributed by atoms with Crippen molar-refractivity contribution in [2.75, 3.05) is 38.2 Å². The normalized spacial score (nSPS) is 26.4. The van der Waals surface area contributed by atoms with Gasteiger partial charge in [-0.3, -0.25) is 4.79 Å². The number of rotatable bonds is 6. The van der Waals surface area contributed by atoms with Crippen LogP contribution >= 0.6 is 0 Å². The minimum atomic E-state index is -0.630. The van der Waals surface area contributed by atoms with Crippen molar-refractivity contribution in [3.05, 3.63) is 53.6 Å². The van der Waals surface area contributed by atoms with Crippen molar-refractivity contribution < 1.29 is 23.4 Å². The maximum atomic E-state index is 17.1. The number of hydrogen-bond donors (Lipinski definition) is 1. The van der Waals surface area contributed by atoms with Crippen LogP contribution in [0.5, 0.6) is 11.8 Å². The van der Waals surface area contributed by atoms with E-state index in [-0.39, 0.29) is 63.3 Å². The van der Waals surface area contributed by atoms with Gasteiger partial charge in [-0.25, -0.2) is 8.78 Å². The van der Waals surface area contributed by atoms with Gasteiger partial charge < -0.3 is 24.5 Å². The first kappa shape index (κ1) is 31.5. The van der Waals surface area contributed by atoms with Gasteiger partial charge in [-0.1, -0.05) is 24.5 Å². The molecule has 4 heterocycles. The number of fused-ring (bicyclic) bond motifs is 5. The largest absolute Gasteiger partial charge is 0.508 e. The van der Waals surface area contributed by atoms with E-state index >= 15 is 4.39 Å². The molecule has 10 heteroatoms. The highest BCUT2D eigenvalue weighted by Crippen LogP contribution is 2.48. The highest BCUT2D eigenvalue weighted by atomic mass is 19.1. The molecular formula is C40H41F2N5O3. The number of ether oxygens (including phenoxy) is 1. The minimum Gasteiger partial charge on any atom is -0.508 e. The molecule has 50 heavy (non-hydrogen) atoms. The number of amides is 1. The van der Waals surface area contributed by atoms with Crippen molar-refractivity contribution in [1.82, 2.24) is 19.8 Å². The van der Waals surface area contributed by atoms with Crippen LogP contribution in [-0.2, 0) is 4.79 Å². The Labute approximate surface area is 290 Å². The Bertz CT molecular complexity index is 2080. The predicted molar refractivity (Wildman–Crippen MR) is 188 cm³/mol. The summed E-state index contributed by atoms with van der Waals surface area (Å²) in [5, 5.41) is 12.0. The smallest absolute Gasteiger partial charge is 0.319 e. The molecule has 9 rings (SSSR count). The third-order valence-corrected chi connectivity index (χ3v) is 12.3. The summed E-state index contributed by atoms with van der Waals surface area (Å²) in [4.78, 5) is 29.7. The number of phenols is 1. The number of benzene rings is 3. The first-order chi connectivity index (χ1) is 24.2. The van der Waals surface area contributed by atoms with Gasteiger partial charge in [0, 0.05) is 58.9 Å². The standard InChI is InChI=1S/C40H41F2N5O3/c1-3-28-32(41)14-9-24-18-27(48)19-31(34(24)28)29-12-13-30-36(35(29)42)43-39(50-22-40-15-4-6-33(40)45(2)17-5-16-40)44-37(30)46-20-25-10-11-26(21-46)47(25)38(49)23-7-8-23/h1,9,12-14,18-19,23,25-26,33,48H,4-8,10-11,15-17,20-22H2,2H3. The van der Waals surface area contributed by atoms with Gasteiger partial charge in [0.05, 0.1) is 12.2 Å². The van der Waals surface area contributed by atoms with Gasteiger partial charge in [0.2, 0.25) is 5.91 Å². The van der Waals surface area contributed by atoms with Gasteiger partial charge in [0.25, 0.3) is 0 Å². The van der Waals surface area contributed by atoms with E-state index in [1.54, 1.807) is 12.1 Å². The first-order valence-corrected chi connectivity index (χ1v) is 18.1. The maximum absolute atomic E-state index is 17.1. The summed E-state index contributed by atoms with van der Waals surface area (Å²) in [5.74, 6) is 2.13. The molecule has 8 nitrogen and oxygen atoms in total. The van der Waals surface area contributed by atoms with E-state index < -0.39 is 11.6 Å². The van der Waals surface area contributed by atoms with Crippen LogP contribution in [0.15, 0.2) is 36.4 Å². The van der Waals surface area contributed by atoms with Crippen LogP contribution in [-0.4, -0.2) is 82.2 Å². The van der Waals surface area contributed by atoms with Crippen LogP contribution in [0, 0.1) is 35.3 Å². The first-order valence-electron chi connectivity index (χ1n) is 18.1. The van der Waals surface area contributed by atoms with Crippen LogP contribution in [0.25, 0.3) is 32.8 Å². The highest BCUT2D eigenvalue weighted by molar-refractivity contribution is 6.04. The summed E-state index contributed by atoms with van der Waals surface area (Å²) in [7, 11) is 2.19. The zero-order valence-corrected chi connectivity index (χ0v) is 28.3. The quantitative estimate of drug-likeness (QED) is 0.229. The van der Waals surface area contributed by atoms with Crippen molar-refractivity contribution in [3.8, 4) is 35.2 Å². The number of piperidine rings is 1. The Morgan fingerprint density at radius 3 is 2.56 bits per heavy atom. The molecule has 1 amide bonds. The van der Waals surface area contributed by atoms with Crippen LogP contribution in [0.3, 0.4) is 0 Å². The van der Waals surface area contributed by atoms with E-state index in [0.717, 1.165) is 64.3 Å². The number of anilines is 1. The number of hydrogen-bond acceptors (Lipinski definition) is 7. The lowest BCUT2D eigenvalue weighted by Gasteiger charge is -2.44. The molecule has 1 aromatic heterocycles. The lowest BCUT2D eigenvalue weighted by Crippen LogP contribution is -2.56. The Hall–Kier alpha value is -4.49. The number of aromatic nitrogens is 2. The maximum Gasteiger partial charge on any atom is 0.319 e. The number of likely N-dealkylation sites (tertiary alicyclic amines) is 1. The van der Waals surface area contributed by atoms with E-state index in [4.69, 9.17) is 21.1 Å². The lowest BCUT2D eigenvalue weighted by molar-refractivity contribution is -0.135. The fourth-order valence-electron chi connectivity index (χ4n) is 9.78. The Morgan fingerprint density at radius 2 is 1.80 bits per heavy atom. The molecule has 4 aromatic rings. The zero-order chi connectivity index (χ0) is 34.3. The van der Waals surface area contributed by atoms with E-state index in [0.29, 0.717) is 47.7 Å². The van der Waals surface area contributed by atoms with Crippen molar-refractivity contribution in [2.24, 2.45) is 11.3 Å². The SMILES string of the molecule is C#Cc1c(F)ccc2cc(O)cc(-c3ccc4c(N5CC6CCC(C5)N6C(=O)C5CC5)nc(OCC56CCCC5N(C)CCC6)nc4c3F)c12. The monoisotopic (exact) mass is 677 g/mol. The molecule has 3 aromatic carbocycles. The van der Waals surface area contributed by atoms with Gasteiger partial charge in [-0.15, -0.1) is 6.42 Å². The van der Waals surface area contributed by atoms with Gasteiger partial charge in [-0.2, -0.15) is 9.97 Å². The molecule has 5 aliphatic rings. The number of phenolic OH excluding ortho intramolecular Hbond substituents is 1. The van der Waals surface area contributed by atoms with Crippen molar-refractivity contribution >= 4 is 33.4 Å². The molecule has 3 aliphatic heterocycles. The zero-order valence-electron chi connectivity index (χ0n) is 28.3. The average Bonchev–Trinajstić information content (AvgIpc) is 3.82. The molecule has 2 saturated carbocycles. The van der Waals surface area contributed by atoms with Crippen molar-refractivity contribution in [1.29, 1.82) is 0 Å². The minimum absolute atomic E-state index is 0.00121. The lowest BCUT2D eigenvalue weighted by atomic mass is 9.76. The molecule has 1 N–H and O–H groups in total. The molecule has 3 saturated heterocycles. The fourth-order valence-corrected chi connectivity index (χ4v) is 9.78. The molecule has 2 bridgehead atoms. The van der Waals surface area contributed by atoms with Crippen molar-refractivity contribution in [3.63, 3.8) is 0 Å². The fraction of sp³-hybridized carbons (Fsp3) is 0.475. The van der Waals surface area contributed by atoms with Crippen LogP contribution < -0.4 is 9.64 Å².